The molecule has 2 amide bonds. The van der Waals surface area contributed by atoms with E-state index in [1.807, 2.05) is 0 Å². The van der Waals surface area contributed by atoms with E-state index in [2.05, 4.69) is 31.1 Å². The number of carbonyl (C=O) groups excluding carboxylic acids is 1. The van der Waals surface area contributed by atoms with E-state index < -0.39 is 12.2 Å². The van der Waals surface area contributed by atoms with Crippen LogP contribution in [0.15, 0.2) is 12.2 Å². The first-order chi connectivity index (χ1) is 12.2. The molecule has 26 heavy (non-hydrogen) atoms. The molecule has 146 valence electrons. The quantitative estimate of drug-likeness (QED) is 0.541. The Morgan fingerprint density at radius 3 is 2.65 bits per heavy atom. The van der Waals surface area contributed by atoms with Gasteiger partial charge in [-0.15, -0.1) is 0 Å². The lowest BCUT2D eigenvalue weighted by molar-refractivity contribution is -0.195. The number of nitrogens with one attached hydrogen (secondary N) is 2. The van der Waals surface area contributed by atoms with Crippen LogP contribution in [-0.4, -0.2) is 41.0 Å². The van der Waals surface area contributed by atoms with Crippen molar-refractivity contribution in [3.8, 4) is 0 Å². The van der Waals surface area contributed by atoms with Gasteiger partial charge in [0.2, 0.25) is 0 Å². The molecule has 0 unspecified atom stereocenters. The lowest BCUT2D eigenvalue weighted by Crippen LogP contribution is -2.67. The third-order valence-corrected chi connectivity index (χ3v) is 8.79. The van der Waals surface area contributed by atoms with Gasteiger partial charge in [0.05, 0.1) is 12.2 Å². The molecule has 5 nitrogen and oxygen atoms in total. The van der Waals surface area contributed by atoms with Crippen molar-refractivity contribution >= 4 is 6.03 Å². The molecule has 4 aliphatic carbocycles. The molecule has 4 saturated carbocycles. The summed E-state index contributed by atoms with van der Waals surface area (Å²) in [5, 5.41) is 28.2. The van der Waals surface area contributed by atoms with Gasteiger partial charge in [-0.1, -0.05) is 19.9 Å². The Hall–Kier alpha value is -1.07. The molecule has 2 bridgehead atoms. The molecule has 4 fully saturated rings. The predicted molar refractivity (Wildman–Crippen MR) is 100 cm³/mol. The molecule has 0 radical (unpaired) electrons. The number of carbonyl (C=O) groups is 1. The van der Waals surface area contributed by atoms with Gasteiger partial charge in [0.25, 0.3) is 0 Å². The normalized spacial score (nSPS) is 52.8. The summed E-state index contributed by atoms with van der Waals surface area (Å²) in [6.07, 6.45) is 5.76. The van der Waals surface area contributed by atoms with Gasteiger partial charge in [-0.2, -0.15) is 0 Å². The standard InChI is InChI=1S/C21H34N2O3/c1-12-13-10-14(24)16-19(2)7-5-8-20(3,23-18(26)22-4)15(19)6-9-21(16,11-13)17(12)25/h13-17,24-25H,1,5-11H2,2-4H3,(H2,22,23,26)/t13-,14+,15+,16+,17-,19-,20-,21-/m1/s1. The van der Waals surface area contributed by atoms with Gasteiger partial charge < -0.3 is 20.8 Å². The number of hydrogen-bond donors (Lipinski definition) is 4. The maximum Gasteiger partial charge on any atom is 0.314 e. The largest absolute Gasteiger partial charge is 0.393 e. The molecular weight excluding hydrogens is 328 g/mol. The molecule has 0 aromatic heterocycles. The number of rotatable bonds is 1. The number of hydrogen-bond acceptors (Lipinski definition) is 3. The number of urea groups is 1. The third-order valence-electron chi connectivity index (χ3n) is 8.79. The molecule has 5 heteroatoms. The highest BCUT2D eigenvalue weighted by molar-refractivity contribution is 5.74. The smallest absolute Gasteiger partial charge is 0.314 e. The molecule has 4 rings (SSSR count). The third kappa shape index (κ3) is 2.19. The summed E-state index contributed by atoms with van der Waals surface area (Å²) in [6, 6.07) is -0.129. The fourth-order valence-corrected chi connectivity index (χ4v) is 7.94. The van der Waals surface area contributed by atoms with E-state index >= 15 is 0 Å². The van der Waals surface area contributed by atoms with Gasteiger partial charge in [-0.25, -0.2) is 4.79 Å². The number of amides is 2. The van der Waals surface area contributed by atoms with Crippen molar-refractivity contribution in [1.29, 1.82) is 0 Å². The highest BCUT2D eigenvalue weighted by atomic mass is 16.3. The minimum absolute atomic E-state index is 0.0744. The maximum atomic E-state index is 12.1. The van der Waals surface area contributed by atoms with Crippen LogP contribution >= 0.6 is 0 Å². The lowest BCUT2D eigenvalue weighted by atomic mass is 9.41. The van der Waals surface area contributed by atoms with Gasteiger partial charge in [0, 0.05) is 18.0 Å². The summed E-state index contributed by atoms with van der Waals surface area (Å²) in [6.45, 7) is 8.66. The summed E-state index contributed by atoms with van der Waals surface area (Å²) in [4.78, 5) is 12.1. The second-order valence-corrected chi connectivity index (χ2v) is 9.96. The van der Waals surface area contributed by atoms with Gasteiger partial charge in [0.15, 0.2) is 0 Å². The second kappa shape index (κ2) is 5.71. The van der Waals surface area contributed by atoms with E-state index in [4.69, 9.17) is 0 Å². The molecule has 8 atom stereocenters. The first kappa shape index (κ1) is 18.3. The Labute approximate surface area is 156 Å². The van der Waals surface area contributed by atoms with Gasteiger partial charge in [-0.05, 0) is 74.2 Å². The van der Waals surface area contributed by atoms with E-state index in [1.54, 1.807) is 7.05 Å². The highest BCUT2D eigenvalue weighted by Crippen LogP contribution is 2.70. The molecular formula is C21H34N2O3. The van der Waals surface area contributed by atoms with E-state index in [-0.39, 0.29) is 34.2 Å². The molecule has 4 N–H and O–H groups in total. The van der Waals surface area contributed by atoms with Crippen molar-refractivity contribution < 1.29 is 15.0 Å². The minimum atomic E-state index is -0.493. The topological polar surface area (TPSA) is 81.6 Å². The van der Waals surface area contributed by atoms with E-state index in [1.165, 1.54) is 0 Å². The van der Waals surface area contributed by atoms with Crippen molar-refractivity contribution in [2.24, 2.45) is 28.6 Å². The van der Waals surface area contributed by atoms with Crippen LogP contribution in [-0.2, 0) is 0 Å². The summed E-state index contributed by atoms with van der Waals surface area (Å²) in [5.41, 5.74) is 0.361. The fraction of sp³-hybridized carbons (Fsp3) is 0.857. The Bertz CT molecular complexity index is 637. The van der Waals surface area contributed by atoms with Crippen molar-refractivity contribution in [2.45, 2.75) is 76.5 Å². The average molecular weight is 363 g/mol. The molecule has 0 heterocycles. The Balaban J connectivity index is 1.74. The zero-order valence-corrected chi connectivity index (χ0v) is 16.3. The summed E-state index contributed by atoms with van der Waals surface area (Å²) in [7, 11) is 1.65. The summed E-state index contributed by atoms with van der Waals surface area (Å²) >= 11 is 0. The molecule has 0 aliphatic heterocycles. The van der Waals surface area contributed by atoms with Crippen molar-refractivity contribution in [2.75, 3.05) is 7.05 Å². The van der Waals surface area contributed by atoms with Gasteiger partial charge in [-0.3, -0.25) is 0 Å². The van der Waals surface area contributed by atoms with Crippen LogP contribution in [0.4, 0.5) is 4.79 Å². The second-order valence-electron chi connectivity index (χ2n) is 9.96. The molecule has 0 saturated heterocycles. The van der Waals surface area contributed by atoms with Crippen LogP contribution in [0.1, 0.15) is 58.8 Å². The minimum Gasteiger partial charge on any atom is -0.393 e. The van der Waals surface area contributed by atoms with E-state index in [0.717, 1.165) is 50.5 Å². The van der Waals surface area contributed by atoms with Crippen molar-refractivity contribution in [3.05, 3.63) is 12.2 Å². The van der Waals surface area contributed by atoms with E-state index in [9.17, 15) is 15.0 Å². The first-order valence-corrected chi connectivity index (χ1v) is 10.2. The predicted octanol–water partition coefficient (Wildman–Crippen LogP) is 2.58. The van der Waals surface area contributed by atoms with E-state index in [0.29, 0.717) is 5.92 Å². The number of aliphatic hydroxyl groups is 2. The molecule has 4 aliphatic rings. The lowest BCUT2D eigenvalue weighted by Gasteiger charge is -2.65. The molecule has 0 aromatic carbocycles. The maximum absolute atomic E-state index is 12.1. The highest BCUT2D eigenvalue weighted by Gasteiger charge is 2.69. The summed E-state index contributed by atoms with van der Waals surface area (Å²) < 4.78 is 0. The zero-order valence-electron chi connectivity index (χ0n) is 16.3. The Kier molecular flexibility index (Phi) is 4.02. The number of aliphatic hydroxyl groups excluding tert-OH is 2. The Morgan fingerprint density at radius 2 is 1.96 bits per heavy atom. The Morgan fingerprint density at radius 1 is 1.23 bits per heavy atom. The summed E-state index contributed by atoms with van der Waals surface area (Å²) in [5.74, 6) is 0.643. The monoisotopic (exact) mass is 362 g/mol. The van der Waals surface area contributed by atoms with Crippen molar-refractivity contribution in [3.63, 3.8) is 0 Å². The fourth-order valence-electron chi connectivity index (χ4n) is 7.94. The molecule has 0 aromatic rings. The average Bonchev–Trinajstić information content (AvgIpc) is 2.75. The van der Waals surface area contributed by atoms with Crippen LogP contribution in [0.3, 0.4) is 0 Å². The van der Waals surface area contributed by atoms with Crippen LogP contribution in [0.5, 0.6) is 0 Å². The molecule has 1 spiro atoms. The SMILES string of the molecule is C=C1[C@@H]2C[C@H](O)[C@H]3[C@]4(C)CCC[C@@](C)(NC(=O)NC)[C@H]4CC[C@]3(C2)[C@@H]1O. The van der Waals surface area contributed by atoms with Crippen LogP contribution < -0.4 is 10.6 Å². The first-order valence-electron chi connectivity index (χ1n) is 10.2. The van der Waals surface area contributed by atoms with Gasteiger partial charge >= 0.3 is 6.03 Å². The van der Waals surface area contributed by atoms with Crippen LogP contribution in [0.2, 0.25) is 0 Å². The van der Waals surface area contributed by atoms with Gasteiger partial charge in [0.1, 0.15) is 0 Å². The van der Waals surface area contributed by atoms with Crippen LogP contribution in [0, 0.1) is 28.6 Å². The van der Waals surface area contributed by atoms with Crippen LogP contribution in [0.25, 0.3) is 0 Å². The number of fused-ring (bicyclic) bond motifs is 3. The van der Waals surface area contributed by atoms with Crippen molar-refractivity contribution in [1.82, 2.24) is 10.6 Å². The zero-order chi connectivity index (χ0) is 18.9.